The van der Waals surface area contributed by atoms with Crippen LogP contribution in [-0.4, -0.2) is 97.7 Å². The molecule has 2 saturated heterocycles. The van der Waals surface area contributed by atoms with Gasteiger partial charge in [-0.05, 0) is 67.9 Å². The molecule has 17 heteroatoms. The van der Waals surface area contributed by atoms with Crippen LogP contribution in [0.5, 0.6) is 5.75 Å². The van der Waals surface area contributed by atoms with Gasteiger partial charge in [-0.25, -0.2) is 23.9 Å². The second-order valence-corrected chi connectivity index (χ2v) is 17.8. The quantitative estimate of drug-likeness (QED) is 0.0993. The molecule has 344 valence electrons. The lowest BCUT2D eigenvalue weighted by molar-refractivity contribution is -0.136. The Kier molecular flexibility index (Phi) is 12.0. The number of aromatic amines is 2. The van der Waals surface area contributed by atoms with Gasteiger partial charge in [-0.3, -0.25) is 9.59 Å². The van der Waals surface area contributed by atoms with Gasteiger partial charge in [-0.15, -0.1) is 0 Å². The number of hydrogen-bond donors (Lipinski definition) is 4. The van der Waals surface area contributed by atoms with Gasteiger partial charge < -0.3 is 49.2 Å². The number of nitrogens with zero attached hydrogens (tertiary/aromatic N) is 5. The number of fused-ring (bicyclic) bond motifs is 5. The van der Waals surface area contributed by atoms with Crippen molar-refractivity contribution in [3.05, 3.63) is 102 Å². The highest BCUT2D eigenvalue weighted by Gasteiger charge is 2.40. The number of carbonyl (C=O) groups excluding carboxylic acids is 4. The average Bonchev–Trinajstić information content (AvgIpc) is 4.18. The van der Waals surface area contributed by atoms with E-state index in [2.05, 4.69) is 36.2 Å². The van der Waals surface area contributed by atoms with E-state index in [0.29, 0.717) is 42.4 Å². The standard InChI is InChI=1S/C49H54FN9O7/c1-26(2)40(55-48(62)64-5)45(60)57-20-10-14-36(57)43-51-24-33(53-43)29-16-19-35-30(22-29)23-38-32-18-17-31(39(50)42(32)66-47(59(35)38)28-12-8-7-9-13-28)34-25-52-44(54-34)37-15-11-21-58(37)46(61)41(27(3)4)56-49(63)65-6/h7-9,12-13,16-19,22-27,36-37,40-41,47H,10-11,14-15,20-21H2,1-6H3,(H,51,53)(H,52,54)(H,55,62)(H,56,63)/t36-,37-,40-,41-,47-/m0/s1. The van der Waals surface area contributed by atoms with Crippen LogP contribution in [0.25, 0.3) is 44.7 Å². The number of likely N-dealkylation sites (tertiary alicyclic amines) is 2. The number of benzene rings is 3. The van der Waals surface area contributed by atoms with Gasteiger partial charge in [-0.1, -0.05) is 64.1 Å². The lowest BCUT2D eigenvalue weighted by Gasteiger charge is -2.31. The Balaban J connectivity index is 1.02. The van der Waals surface area contributed by atoms with Crippen molar-refractivity contribution in [2.75, 3.05) is 27.3 Å². The summed E-state index contributed by atoms with van der Waals surface area (Å²) in [5, 5.41) is 6.28. The first kappa shape index (κ1) is 44.1. The van der Waals surface area contributed by atoms with Gasteiger partial charge in [-0.2, -0.15) is 0 Å². The van der Waals surface area contributed by atoms with Crippen LogP contribution in [0.15, 0.2) is 79.1 Å². The lowest BCUT2D eigenvalue weighted by Crippen LogP contribution is -2.51. The predicted molar refractivity (Wildman–Crippen MR) is 243 cm³/mol. The van der Waals surface area contributed by atoms with E-state index in [1.54, 1.807) is 28.3 Å². The molecule has 5 atom stereocenters. The van der Waals surface area contributed by atoms with Gasteiger partial charge in [0, 0.05) is 40.7 Å². The molecule has 0 spiro atoms. The molecule has 3 aliphatic heterocycles. The number of methoxy groups -OCH3 is 2. The number of halogens is 1. The summed E-state index contributed by atoms with van der Waals surface area (Å²) in [7, 11) is 2.54. The zero-order chi connectivity index (χ0) is 46.4. The highest BCUT2D eigenvalue weighted by Crippen LogP contribution is 2.48. The van der Waals surface area contributed by atoms with E-state index in [-0.39, 0.29) is 47.0 Å². The molecular formula is C49H54FN9O7. The molecule has 6 heterocycles. The van der Waals surface area contributed by atoms with Crippen molar-refractivity contribution in [2.24, 2.45) is 11.8 Å². The maximum absolute atomic E-state index is 17.1. The van der Waals surface area contributed by atoms with E-state index < -0.39 is 36.3 Å². The summed E-state index contributed by atoms with van der Waals surface area (Å²) in [5.41, 5.74) is 5.45. The first-order valence-electron chi connectivity index (χ1n) is 22.5. The molecular weight excluding hydrogens is 846 g/mol. The normalized spacial score (nSPS) is 18.8. The largest absolute Gasteiger partial charge is 0.462 e. The van der Waals surface area contributed by atoms with E-state index >= 15 is 4.39 Å². The lowest BCUT2D eigenvalue weighted by atomic mass is 10.0. The summed E-state index contributed by atoms with van der Waals surface area (Å²) in [6.07, 6.45) is 4.25. The molecule has 0 bridgehead atoms. The average molecular weight is 900 g/mol. The Morgan fingerprint density at radius 3 is 1.88 bits per heavy atom. The molecule has 3 aromatic carbocycles. The molecule has 0 radical (unpaired) electrons. The first-order chi connectivity index (χ1) is 31.9. The van der Waals surface area contributed by atoms with Crippen LogP contribution in [-0.2, 0) is 19.1 Å². The number of amides is 4. The van der Waals surface area contributed by atoms with Crippen LogP contribution in [0.1, 0.15) is 88.9 Å². The topological polar surface area (TPSA) is 189 Å². The minimum atomic E-state index is -0.782. The maximum Gasteiger partial charge on any atom is 0.407 e. The van der Waals surface area contributed by atoms with Gasteiger partial charge in [0.2, 0.25) is 18.0 Å². The smallest absolute Gasteiger partial charge is 0.407 e. The van der Waals surface area contributed by atoms with Gasteiger partial charge in [0.25, 0.3) is 0 Å². The number of rotatable bonds is 11. The third kappa shape index (κ3) is 8.00. The number of ether oxygens (including phenoxy) is 3. The highest BCUT2D eigenvalue weighted by atomic mass is 19.1. The Hall–Kier alpha value is -7.17. The third-order valence-corrected chi connectivity index (χ3v) is 13.0. The minimum Gasteiger partial charge on any atom is -0.462 e. The monoisotopic (exact) mass is 899 g/mol. The Bertz CT molecular complexity index is 2800. The molecule has 16 nitrogen and oxygen atoms in total. The third-order valence-electron chi connectivity index (χ3n) is 13.0. The Labute approximate surface area is 381 Å². The van der Waals surface area contributed by atoms with Crippen LogP contribution >= 0.6 is 0 Å². The fourth-order valence-corrected chi connectivity index (χ4v) is 9.63. The SMILES string of the molecule is COC(=O)N[C@H](C(=O)N1CCC[C@H]1c1ncc(-c2ccc3c(c2)cc2n3[C@H](c3ccccc3)Oc3c-2ccc(-c2cnc([C@@H]4CCCN4C(=O)[C@@H](NC(=O)OC)C(C)C)[nH]2)c3F)[nH]1)C(C)C. The molecule has 0 aliphatic carbocycles. The maximum atomic E-state index is 17.1. The minimum absolute atomic E-state index is 0.106. The van der Waals surface area contributed by atoms with Crippen molar-refractivity contribution in [1.82, 2.24) is 44.9 Å². The molecule has 0 saturated carbocycles. The van der Waals surface area contributed by atoms with E-state index in [4.69, 9.17) is 19.2 Å². The molecule has 3 aliphatic rings. The fraction of sp³-hybridized carbons (Fsp3) is 0.388. The second-order valence-electron chi connectivity index (χ2n) is 17.8. The first-order valence-corrected chi connectivity index (χ1v) is 22.5. The number of H-pyrrole nitrogens is 2. The number of carbonyl (C=O) groups is 4. The van der Waals surface area contributed by atoms with Crippen molar-refractivity contribution < 1.29 is 37.8 Å². The van der Waals surface area contributed by atoms with Crippen LogP contribution in [0.3, 0.4) is 0 Å². The van der Waals surface area contributed by atoms with Crippen molar-refractivity contribution in [3.63, 3.8) is 0 Å². The zero-order valence-corrected chi connectivity index (χ0v) is 37.8. The van der Waals surface area contributed by atoms with Crippen LogP contribution in [0, 0.1) is 17.7 Å². The Morgan fingerprint density at radius 1 is 0.742 bits per heavy atom. The zero-order valence-electron chi connectivity index (χ0n) is 37.8. The van der Waals surface area contributed by atoms with Gasteiger partial charge in [0.05, 0.1) is 61.3 Å². The van der Waals surface area contributed by atoms with Crippen molar-refractivity contribution in [3.8, 4) is 39.5 Å². The molecule has 4 N–H and O–H groups in total. The molecule has 6 aromatic rings. The molecule has 4 amide bonds. The number of aromatic nitrogens is 5. The summed E-state index contributed by atoms with van der Waals surface area (Å²) in [6.45, 7) is 8.53. The molecule has 66 heavy (non-hydrogen) atoms. The van der Waals surface area contributed by atoms with Crippen molar-refractivity contribution in [1.29, 1.82) is 0 Å². The van der Waals surface area contributed by atoms with E-state index in [1.165, 1.54) is 14.2 Å². The van der Waals surface area contributed by atoms with Crippen LogP contribution in [0.4, 0.5) is 14.0 Å². The van der Waals surface area contributed by atoms with Crippen LogP contribution in [0.2, 0.25) is 0 Å². The number of hydrogen-bond acceptors (Lipinski definition) is 9. The van der Waals surface area contributed by atoms with Gasteiger partial charge in [0.15, 0.2) is 11.6 Å². The summed E-state index contributed by atoms with van der Waals surface area (Å²) in [4.78, 5) is 71.4. The second kappa shape index (κ2) is 18.0. The molecule has 3 aromatic heterocycles. The van der Waals surface area contributed by atoms with E-state index in [9.17, 15) is 19.2 Å². The molecule has 0 unspecified atom stereocenters. The fourth-order valence-electron chi connectivity index (χ4n) is 9.63. The van der Waals surface area contributed by atoms with Gasteiger partial charge >= 0.3 is 12.2 Å². The summed E-state index contributed by atoms with van der Waals surface area (Å²) in [6, 6.07) is 19.2. The van der Waals surface area contributed by atoms with Crippen molar-refractivity contribution >= 4 is 34.9 Å². The van der Waals surface area contributed by atoms with Crippen LogP contribution < -0.4 is 15.4 Å². The predicted octanol–water partition coefficient (Wildman–Crippen LogP) is 8.26. The van der Waals surface area contributed by atoms with Crippen molar-refractivity contribution in [2.45, 2.75) is 83.8 Å². The van der Waals surface area contributed by atoms with Gasteiger partial charge in [0.1, 0.15) is 23.7 Å². The Morgan fingerprint density at radius 2 is 1.30 bits per heavy atom. The summed E-state index contributed by atoms with van der Waals surface area (Å²) >= 11 is 0. The molecule has 2 fully saturated rings. The summed E-state index contributed by atoms with van der Waals surface area (Å²) in [5.74, 6) is 0.00285. The number of imidazole rings is 2. The molecule has 9 rings (SSSR count). The van der Waals surface area contributed by atoms with E-state index in [1.807, 2.05) is 82.3 Å². The number of nitrogens with one attached hydrogen (secondary N) is 4. The highest BCUT2D eigenvalue weighted by molar-refractivity contribution is 5.93. The number of alkyl carbamates (subject to hydrolysis) is 2. The van der Waals surface area contributed by atoms with E-state index in [0.717, 1.165) is 52.7 Å². The summed E-state index contributed by atoms with van der Waals surface area (Å²) < 4.78 is 35.5.